The number of ketones is 1. The number of carbonyl (C=O) groups excluding carboxylic acids is 1. The molecular weight excluding hydrogens is 307 g/mol. The standard InChI is InChI=1S/C16H19FO2S2/c17-13-3-1-2-4-15(13)21-10-14(18)12-5-7-19-16(9-12)6-8-20-11-16/h1-4,12H,5-11H2. The lowest BCUT2D eigenvalue weighted by Gasteiger charge is -2.37. The van der Waals surface area contributed by atoms with Gasteiger partial charge in [0.15, 0.2) is 0 Å². The van der Waals surface area contributed by atoms with Crippen molar-refractivity contribution in [2.24, 2.45) is 5.92 Å². The highest BCUT2D eigenvalue weighted by atomic mass is 32.2. The van der Waals surface area contributed by atoms with Crippen molar-refractivity contribution in [2.75, 3.05) is 23.9 Å². The molecule has 2 saturated heterocycles. The molecule has 0 N–H and O–H groups in total. The van der Waals surface area contributed by atoms with E-state index in [1.165, 1.54) is 17.8 Å². The zero-order chi connectivity index (χ0) is 14.7. The van der Waals surface area contributed by atoms with Gasteiger partial charge in [-0.15, -0.1) is 11.8 Å². The average molecular weight is 326 g/mol. The van der Waals surface area contributed by atoms with E-state index >= 15 is 0 Å². The molecule has 0 amide bonds. The molecule has 5 heteroatoms. The number of Topliss-reactive ketones (excluding diaryl/α,β-unsaturated/α-hetero) is 1. The fourth-order valence-corrected chi connectivity index (χ4v) is 5.29. The van der Waals surface area contributed by atoms with Crippen LogP contribution in [0.5, 0.6) is 0 Å². The van der Waals surface area contributed by atoms with Crippen molar-refractivity contribution in [3.05, 3.63) is 30.1 Å². The summed E-state index contributed by atoms with van der Waals surface area (Å²) in [6.07, 6.45) is 2.71. The molecule has 1 aromatic rings. The van der Waals surface area contributed by atoms with Crippen LogP contribution in [0.3, 0.4) is 0 Å². The van der Waals surface area contributed by atoms with Crippen LogP contribution in [-0.4, -0.2) is 35.2 Å². The molecular formula is C16H19FO2S2. The molecule has 2 heterocycles. The Bertz CT molecular complexity index is 515. The monoisotopic (exact) mass is 326 g/mol. The number of benzene rings is 1. The smallest absolute Gasteiger partial charge is 0.146 e. The summed E-state index contributed by atoms with van der Waals surface area (Å²) in [5, 5.41) is 0. The number of halogens is 1. The Morgan fingerprint density at radius 2 is 2.33 bits per heavy atom. The van der Waals surface area contributed by atoms with E-state index < -0.39 is 0 Å². The van der Waals surface area contributed by atoms with E-state index in [-0.39, 0.29) is 23.1 Å². The van der Waals surface area contributed by atoms with E-state index in [9.17, 15) is 9.18 Å². The summed E-state index contributed by atoms with van der Waals surface area (Å²) < 4.78 is 19.5. The number of rotatable bonds is 4. The van der Waals surface area contributed by atoms with E-state index in [1.807, 2.05) is 11.8 Å². The minimum Gasteiger partial charge on any atom is -0.374 e. The first-order valence-corrected chi connectivity index (χ1v) is 9.44. The lowest BCUT2D eigenvalue weighted by atomic mass is 9.83. The third kappa shape index (κ3) is 3.63. The Hall–Kier alpha value is -0.520. The van der Waals surface area contributed by atoms with Crippen LogP contribution in [0, 0.1) is 11.7 Å². The zero-order valence-electron chi connectivity index (χ0n) is 11.8. The van der Waals surface area contributed by atoms with Crippen molar-refractivity contribution in [3.63, 3.8) is 0 Å². The fraction of sp³-hybridized carbons (Fsp3) is 0.562. The molecule has 2 aliphatic heterocycles. The van der Waals surface area contributed by atoms with Crippen LogP contribution in [0.25, 0.3) is 0 Å². The van der Waals surface area contributed by atoms with Crippen molar-refractivity contribution in [2.45, 2.75) is 29.8 Å². The summed E-state index contributed by atoms with van der Waals surface area (Å²) in [6, 6.07) is 6.63. The van der Waals surface area contributed by atoms with Gasteiger partial charge in [0.05, 0.1) is 11.4 Å². The van der Waals surface area contributed by atoms with Crippen molar-refractivity contribution in [1.82, 2.24) is 0 Å². The minimum atomic E-state index is -0.244. The van der Waals surface area contributed by atoms with Crippen LogP contribution >= 0.6 is 23.5 Å². The second kappa shape index (κ2) is 6.71. The van der Waals surface area contributed by atoms with Crippen LogP contribution in [0.4, 0.5) is 4.39 Å². The van der Waals surface area contributed by atoms with Gasteiger partial charge in [-0.2, -0.15) is 11.8 Å². The van der Waals surface area contributed by atoms with E-state index in [2.05, 4.69) is 0 Å². The lowest BCUT2D eigenvalue weighted by molar-refractivity contribution is -0.131. The molecule has 21 heavy (non-hydrogen) atoms. The van der Waals surface area contributed by atoms with Gasteiger partial charge in [-0.1, -0.05) is 12.1 Å². The highest BCUT2D eigenvalue weighted by molar-refractivity contribution is 8.00. The van der Waals surface area contributed by atoms with Gasteiger partial charge in [0, 0.05) is 23.2 Å². The molecule has 1 aromatic carbocycles. The van der Waals surface area contributed by atoms with Gasteiger partial charge in [-0.05, 0) is 37.1 Å². The molecule has 1 spiro atoms. The zero-order valence-corrected chi connectivity index (χ0v) is 13.5. The molecule has 0 bridgehead atoms. The largest absolute Gasteiger partial charge is 0.374 e. The van der Waals surface area contributed by atoms with Gasteiger partial charge in [0.25, 0.3) is 0 Å². The number of thioether (sulfide) groups is 2. The molecule has 2 aliphatic rings. The minimum absolute atomic E-state index is 0.0636. The lowest BCUT2D eigenvalue weighted by Crippen LogP contribution is -2.42. The summed E-state index contributed by atoms with van der Waals surface area (Å²) in [4.78, 5) is 13.0. The normalized spacial score (nSPS) is 28.9. The molecule has 0 aromatic heterocycles. The third-order valence-electron chi connectivity index (χ3n) is 4.22. The summed E-state index contributed by atoms with van der Waals surface area (Å²) in [5.41, 5.74) is -0.0636. The van der Waals surface area contributed by atoms with Gasteiger partial charge in [0.2, 0.25) is 0 Å². The fourth-order valence-electron chi connectivity index (χ4n) is 2.99. The first kappa shape index (κ1) is 15.4. The van der Waals surface area contributed by atoms with Crippen molar-refractivity contribution >= 4 is 29.3 Å². The number of hydrogen-bond acceptors (Lipinski definition) is 4. The Morgan fingerprint density at radius 3 is 3.10 bits per heavy atom. The van der Waals surface area contributed by atoms with Gasteiger partial charge in [-0.3, -0.25) is 4.79 Å². The van der Waals surface area contributed by atoms with E-state index in [0.29, 0.717) is 17.3 Å². The van der Waals surface area contributed by atoms with E-state index in [0.717, 1.165) is 30.8 Å². The SMILES string of the molecule is O=C(CSc1ccccc1F)C1CCOC2(CCSC2)C1. The van der Waals surface area contributed by atoms with Crippen LogP contribution in [0.15, 0.2) is 29.2 Å². The van der Waals surface area contributed by atoms with Crippen LogP contribution in [0.1, 0.15) is 19.3 Å². The maximum absolute atomic E-state index is 13.6. The summed E-state index contributed by atoms with van der Waals surface area (Å²) >= 11 is 3.22. The Balaban J connectivity index is 1.57. The van der Waals surface area contributed by atoms with E-state index in [1.54, 1.807) is 18.2 Å². The van der Waals surface area contributed by atoms with Gasteiger partial charge in [-0.25, -0.2) is 4.39 Å². The molecule has 2 unspecified atom stereocenters. The quantitative estimate of drug-likeness (QED) is 0.787. The predicted octanol–water partition coefficient (Wildman–Crippen LogP) is 3.79. The molecule has 0 radical (unpaired) electrons. The highest BCUT2D eigenvalue weighted by Crippen LogP contribution is 2.41. The van der Waals surface area contributed by atoms with Crippen molar-refractivity contribution in [1.29, 1.82) is 0 Å². The first-order valence-electron chi connectivity index (χ1n) is 7.30. The number of hydrogen-bond donors (Lipinski definition) is 0. The Morgan fingerprint density at radius 1 is 1.48 bits per heavy atom. The van der Waals surface area contributed by atoms with Gasteiger partial charge >= 0.3 is 0 Å². The van der Waals surface area contributed by atoms with Gasteiger partial charge < -0.3 is 4.74 Å². The third-order valence-corrected chi connectivity index (χ3v) is 6.52. The van der Waals surface area contributed by atoms with Crippen molar-refractivity contribution < 1.29 is 13.9 Å². The first-order chi connectivity index (χ1) is 10.2. The van der Waals surface area contributed by atoms with Crippen molar-refractivity contribution in [3.8, 4) is 0 Å². The predicted molar refractivity (Wildman–Crippen MR) is 85.5 cm³/mol. The Labute approximate surface area is 133 Å². The Kier molecular flexibility index (Phi) is 4.92. The summed E-state index contributed by atoms with van der Waals surface area (Å²) in [6.45, 7) is 0.682. The van der Waals surface area contributed by atoms with Crippen LogP contribution < -0.4 is 0 Å². The van der Waals surface area contributed by atoms with Crippen LogP contribution in [0.2, 0.25) is 0 Å². The molecule has 3 rings (SSSR count). The number of ether oxygens (including phenoxy) is 1. The molecule has 2 fully saturated rings. The average Bonchev–Trinajstić information content (AvgIpc) is 2.94. The molecule has 2 atom stereocenters. The highest BCUT2D eigenvalue weighted by Gasteiger charge is 2.42. The second-order valence-electron chi connectivity index (χ2n) is 5.71. The molecule has 2 nitrogen and oxygen atoms in total. The maximum atomic E-state index is 13.6. The summed E-state index contributed by atoms with van der Waals surface area (Å²) in [5.74, 6) is 2.57. The topological polar surface area (TPSA) is 26.3 Å². The van der Waals surface area contributed by atoms with E-state index in [4.69, 9.17) is 4.74 Å². The second-order valence-corrected chi connectivity index (χ2v) is 7.83. The molecule has 0 aliphatic carbocycles. The molecule has 114 valence electrons. The molecule has 0 saturated carbocycles. The maximum Gasteiger partial charge on any atom is 0.146 e. The summed E-state index contributed by atoms with van der Waals surface area (Å²) in [7, 11) is 0. The van der Waals surface area contributed by atoms with Gasteiger partial charge in [0.1, 0.15) is 11.6 Å². The number of carbonyl (C=O) groups is 1. The van der Waals surface area contributed by atoms with Crippen LogP contribution in [-0.2, 0) is 9.53 Å².